The third-order valence-electron chi connectivity index (χ3n) is 1.85. The number of aliphatic carboxylic acids is 1. The summed E-state index contributed by atoms with van der Waals surface area (Å²) in [5, 5.41) is 14.9. The summed E-state index contributed by atoms with van der Waals surface area (Å²) >= 11 is 0. The van der Waals surface area contributed by atoms with Gasteiger partial charge in [-0.1, -0.05) is 0 Å². The van der Waals surface area contributed by atoms with E-state index >= 15 is 0 Å². The van der Waals surface area contributed by atoms with E-state index in [0.29, 0.717) is 5.69 Å². The molecule has 0 bridgehead atoms. The first kappa shape index (κ1) is 14.2. The Balaban J connectivity index is 2.45. The van der Waals surface area contributed by atoms with Crippen LogP contribution in [0.1, 0.15) is 20.8 Å². The largest absolute Gasteiger partial charge is 0.480 e. The minimum absolute atomic E-state index is 0.0619. The lowest BCUT2D eigenvalue weighted by Gasteiger charge is -2.18. The van der Waals surface area contributed by atoms with Crippen molar-refractivity contribution in [3.05, 3.63) is 12.4 Å². The van der Waals surface area contributed by atoms with Gasteiger partial charge in [0.05, 0.1) is 17.5 Å². The van der Waals surface area contributed by atoms with Gasteiger partial charge in [0.1, 0.15) is 13.2 Å². The molecule has 0 radical (unpaired) electrons. The predicted molar refractivity (Wildman–Crippen MR) is 64.2 cm³/mol. The topological polar surface area (TPSA) is 93.5 Å². The van der Waals surface area contributed by atoms with Gasteiger partial charge in [0.25, 0.3) is 0 Å². The van der Waals surface area contributed by atoms with Crippen LogP contribution in [0.5, 0.6) is 0 Å². The number of nitrogens with zero attached hydrogens (tertiary/aromatic N) is 2. The van der Waals surface area contributed by atoms with Crippen LogP contribution in [0.25, 0.3) is 0 Å². The van der Waals surface area contributed by atoms with Gasteiger partial charge in [0.15, 0.2) is 0 Å². The van der Waals surface area contributed by atoms with Crippen LogP contribution in [0.3, 0.4) is 0 Å². The number of amides is 1. The zero-order valence-electron chi connectivity index (χ0n) is 10.6. The highest BCUT2D eigenvalue weighted by Crippen LogP contribution is 2.08. The quantitative estimate of drug-likeness (QED) is 0.808. The Morgan fingerprint density at radius 3 is 2.72 bits per heavy atom. The molecule has 1 amide bonds. The number of carboxylic acid groups (broad SMARTS) is 1. The van der Waals surface area contributed by atoms with E-state index in [1.54, 1.807) is 0 Å². The van der Waals surface area contributed by atoms with Crippen molar-refractivity contribution in [2.24, 2.45) is 0 Å². The lowest BCUT2D eigenvalue weighted by Crippen LogP contribution is -2.27. The smallest absolute Gasteiger partial charge is 0.325 e. The zero-order valence-corrected chi connectivity index (χ0v) is 10.6. The lowest BCUT2D eigenvalue weighted by molar-refractivity contribution is -0.137. The Morgan fingerprint density at radius 2 is 2.17 bits per heavy atom. The van der Waals surface area contributed by atoms with E-state index in [1.165, 1.54) is 17.1 Å². The fourth-order valence-corrected chi connectivity index (χ4v) is 1.13. The van der Waals surface area contributed by atoms with E-state index in [-0.39, 0.29) is 24.7 Å². The summed E-state index contributed by atoms with van der Waals surface area (Å²) in [6.07, 6.45) is 2.83. The molecule has 0 saturated carbocycles. The number of hydrogen-bond donors (Lipinski definition) is 2. The van der Waals surface area contributed by atoms with Crippen molar-refractivity contribution in [2.45, 2.75) is 32.9 Å². The maximum Gasteiger partial charge on any atom is 0.325 e. The number of ether oxygens (including phenoxy) is 1. The Labute approximate surface area is 105 Å². The van der Waals surface area contributed by atoms with Crippen LogP contribution in [0.4, 0.5) is 5.69 Å². The highest BCUT2D eigenvalue weighted by molar-refractivity contribution is 5.91. The van der Waals surface area contributed by atoms with Crippen molar-refractivity contribution in [2.75, 3.05) is 11.9 Å². The molecule has 0 fully saturated rings. The normalized spacial score (nSPS) is 11.3. The van der Waals surface area contributed by atoms with Crippen molar-refractivity contribution in [1.82, 2.24) is 9.78 Å². The van der Waals surface area contributed by atoms with Gasteiger partial charge in [-0.2, -0.15) is 5.10 Å². The number of carbonyl (C=O) groups excluding carboxylic acids is 1. The van der Waals surface area contributed by atoms with Gasteiger partial charge in [-0.05, 0) is 20.8 Å². The molecule has 2 N–H and O–H groups in total. The highest BCUT2D eigenvalue weighted by Gasteiger charge is 2.13. The molecule has 1 heterocycles. The second kappa shape index (κ2) is 5.63. The van der Waals surface area contributed by atoms with Crippen molar-refractivity contribution in [3.8, 4) is 0 Å². The summed E-state index contributed by atoms with van der Waals surface area (Å²) in [4.78, 5) is 21.9. The molecule has 100 valence electrons. The Kier molecular flexibility index (Phi) is 4.43. The molecule has 0 aliphatic rings. The first-order valence-electron chi connectivity index (χ1n) is 5.44. The van der Waals surface area contributed by atoms with Gasteiger partial charge < -0.3 is 15.2 Å². The standard InChI is InChI=1S/C11H17N3O4/c1-11(2,3)18-7-9(15)13-8-4-12-14(5-8)6-10(16)17/h4-5H,6-7H2,1-3H3,(H,13,15)(H,16,17). The van der Waals surface area contributed by atoms with Gasteiger partial charge in [-0.25, -0.2) is 0 Å². The van der Waals surface area contributed by atoms with Crippen LogP contribution in [0.15, 0.2) is 12.4 Å². The molecule has 0 aliphatic heterocycles. The molecule has 7 nitrogen and oxygen atoms in total. The number of carboxylic acids is 1. The van der Waals surface area contributed by atoms with E-state index in [1.807, 2.05) is 20.8 Å². The van der Waals surface area contributed by atoms with Gasteiger partial charge in [0.2, 0.25) is 5.91 Å². The minimum atomic E-state index is -0.993. The average molecular weight is 255 g/mol. The summed E-state index contributed by atoms with van der Waals surface area (Å²) in [5.74, 6) is -1.30. The van der Waals surface area contributed by atoms with Crippen molar-refractivity contribution in [1.29, 1.82) is 0 Å². The van der Waals surface area contributed by atoms with Crippen molar-refractivity contribution in [3.63, 3.8) is 0 Å². The SMILES string of the molecule is CC(C)(C)OCC(=O)Nc1cnn(CC(=O)O)c1. The summed E-state index contributed by atoms with van der Waals surface area (Å²) < 4.78 is 6.53. The Morgan fingerprint density at radius 1 is 1.50 bits per heavy atom. The molecular formula is C11H17N3O4. The average Bonchev–Trinajstić information content (AvgIpc) is 2.60. The number of carbonyl (C=O) groups is 2. The second-order valence-corrected chi connectivity index (χ2v) is 4.77. The molecule has 1 rings (SSSR count). The van der Waals surface area contributed by atoms with Crippen LogP contribution < -0.4 is 5.32 Å². The summed E-state index contributed by atoms with van der Waals surface area (Å²) in [7, 11) is 0. The molecule has 0 saturated heterocycles. The van der Waals surface area contributed by atoms with E-state index in [4.69, 9.17) is 9.84 Å². The van der Waals surface area contributed by atoms with Crippen molar-refractivity contribution < 1.29 is 19.4 Å². The van der Waals surface area contributed by atoms with Gasteiger partial charge in [0, 0.05) is 6.20 Å². The van der Waals surface area contributed by atoms with Gasteiger partial charge in [-0.3, -0.25) is 14.3 Å². The number of nitrogens with one attached hydrogen (secondary N) is 1. The summed E-state index contributed by atoms with van der Waals surface area (Å²) in [5.41, 5.74) is 0.0592. The fourth-order valence-electron chi connectivity index (χ4n) is 1.13. The molecular weight excluding hydrogens is 238 g/mol. The fraction of sp³-hybridized carbons (Fsp3) is 0.545. The first-order valence-corrected chi connectivity index (χ1v) is 5.44. The molecule has 1 aromatic heterocycles. The van der Waals surface area contributed by atoms with Crippen LogP contribution in [-0.2, 0) is 20.9 Å². The maximum atomic E-state index is 11.5. The monoisotopic (exact) mass is 255 g/mol. The number of rotatable bonds is 5. The number of anilines is 1. The van der Waals surface area contributed by atoms with Crippen molar-refractivity contribution >= 4 is 17.6 Å². The summed E-state index contributed by atoms with van der Waals surface area (Å²) in [6, 6.07) is 0. The first-order chi connectivity index (χ1) is 8.26. The molecule has 0 aliphatic carbocycles. The zero-order chi connectivity index (χ0) is 13.8. The predicted octanol–water partition coefficient (Wildman–Crippen LogP) is 0.721. The van der Waals surface area contributed by atoms with E-state index in [9.17, 15) is 9.59 Å². The number of aromatic nitrogens is 2. The molecule has 0 aromatic carbocycles. The molecule has 0 atom stereocenters. The molecule has 0 spiro atoms. The van der Waals surface area contributed by atoms with Crippen LogP contribution in [0.2, 0.25) is 0 Å². The van der Waals surface area contributed by atoms with Crippen LogP contribution >= 0.6 is 0 Å². The second-order valence-electron chi connectivity index (χ2n) is 4.77. The highest BCUT2D eigenvalue weighted by atomic mass is 16.5. The van der Waals surface area contributed by atoms with E-state index in [2.05, 4.69) is 10.4 Å². The Hall–Kier alpha value is -1.89. The van der Waals surface area contributed by atoms with E-state index in [0.717, 1.165) is 0 Å². The third kappa shape index (κ3) is 5.44. The maximum absolute atomic E-state index is 11.5. The van der Waals surface area contributed by atoms with Gasteiger partial charge in [-0.15, -0.1) is 0 Å². The van der Waals surface area contributed by atoms with Crippen LogP contribution in [-0.4, -0.2) is 39.0 Å². The van der Waals surface area contributed by atoms with E-state index < -0.39 is 5.97 Å². The minimum Gasteiger partial charge on any atom is -0.480 e. The molecule has 7 heteroatoms. The molecule has 0 unspecified atom stereocenters. The van der Waals surface area contributed by atoms with Crippen LogP contribution in [0, 0.1) is 0 Å². The summed E-state index contributed by atoms with van der Waals surface area (Å²) in [6.45, 7) is 5.25. The number of hydrogen-bond acceptors (Lipinski definition) is 4. The molecule has 1 aromatic rings. The lowest BCUT2D eigenvalue weighted by atomic mass is 10.2. The molecule has 18 heavy (non-hydrogen) atoms. The Bertz CT molecular complexity index is 434. The van der Waals surface area contributed by atoms with Gasteiger partial charge >= 0.3 is 5.97 Å². The third-order valence-corrected chi connectivity index (χ3v) is 1.85.